The molecule has 0 spiro atoms. The van der Waals surface area contributed by atoms with Crippen LogP contribution in [0.3, 0.4) is 0 Å². The molecule has 0 amide bonds. The van der Waals surface area contributed by atoms with Gasteiger partial charge in [0.2, 0.25) is 0 Å². The number of rotatable bonds is 3. The van der Waals surface area contributed by atoms with Gasteiger partial charge in [0.15, 0.2) is 0 Å². The van der Waals surface area contributed by atoms with Crippen molar-refractivity contribution in [1.82, 2.24) is 15.0 Å². The molecule has 3 nitrogen and oxygen atoms in total. The number of aromatic nitrogens is 3. The molecule has 3 heterocycles. The molecule has 3 aromatic heterocycles. The van der Waals surface area contributed by atoms with Gasteiger partial charge >= 0.3 is 0 Å². The Morgan fingerprint density at radius 1 is 0.939 bits per heavy atom. The summed E-state index contributed by atoms with van der Waals surface area (Å²) in [5, 5.41) is 2.40. The molecule has 0 saturated carbocycles. The van der Waals surface area contributed by atoms with E-state index in [1.807, 2.05) is 11.3 Å². The monoisotopic (exact) mass is 453 g/mol. The van der Waals surface area contributed by atoms with Gasteiger partial charge in [0, 0.05) is 26.7 Å². The van der Waals surface area contributed by atoms with E-state index in [-0.39, 0.29) is 5.41 Å². The minimum atomic E-state index is 0.255. The molecule has 0 radical (unpaired) electrons. The summed E-state index contributed by atoms with van der Waals surface area (Å²) in [6, 6.07) is 13.5. The fourth-order valence-electron chi connectivity index (χ4n) is 4.68. The van der Waals surface area contributed by atoms with E-state index in [1.54, 1.807) is 6.33 Å². The Kier molecular flexibility index (Phi) is 5.24. The summed E-state index contributed by atoms with van der Waals surface area (Å²) >= 11 is 1.81. The predicted molar refractivity (Wildman–Crippen MR) is 142 cm³/mol. The van der Waals surface area contributed by atoms with E-state index in [0.717, 1.165) is 44.5 Å². The van der Waals surface area contributed by atoms with Gasteiger partial charge in [-0.15, -0.1) is 11.3 Å². The summed E-state index contributed by atoms with van der Waals surface area (Å²) in [4.78, 5) is 14.3. The first-order chi connectivity index (χ1) is 15.6. The summed E-state index contributed by atoms with van der Waals surface area (Å²) in [6.45, 7) is 15.6. The number of hydrogen-bond acceptors (Lipinski definition) is 4. The number of benzene rings is 2. The number of nitrogens with zero attached hydrogens (tertiary/aromatic N) is 3. The number of aryl methyl sites for hydroxylation is 2. The van der Waals surface area contributed by atoms with Crippen LogP contribution in [-0.4, -0.2) is 15.0 Å². The largest absolute Gasteiger partial charge is 0.253 e. The van der Waals surface area contributed by atoms with Crippen LogP contribution in [0.4, 0.5) is 0 Å². The van der Waals surface area contributed by atoms with E-state index < -0.39 is 0 Å². The van der Waals surface area contributed by atoms with Crippen molar-refractivity contribution >= 4 is 42.5 Å². The second kappa shape index (κ2) is 7.88. The van der Waals surface area contributed by atoms with Crippen molar-refractivity contribution in [3.8, 4) is 11.3 Å². The van der Waals surface area contributed by atoms with Crippen molar-refractivity contribution in [2.45, 2.75) is 60.8 Å². The summed E-state index contributed by atoms with van der Waals surface area (Å²) in [5.41, 5.74) is 9.64. The highest BCUT2D eigenvalue weighted by Gasteiger charge is 2.19. The van der Waals surface area contributed by atoms with Crippen LogP contribution in [0.25, 0.3) is 42.5 Å². The third-order valence-corrected chi connectivity index (χ3v) is 7.43. The molecule has 2 aromatic carbocycles. The van der Waals surface area contributed by atoms with Crippen LogP contribution in [0.1, 0.15) is 62.9 Å². The lowest BCUT2D eigenvalue weighted by Gasteiger charge is -2.19. The number of thiophene rings is 1. The van der Waals surface area contributed by atoms with E-state index in [2.05, 4.69) is 84.9 Å². The summed E-state index contributed by atoms with van der Waals surface area (Å²) < 4.78 is 2.45. The third-order valence-electron chi connectivity index (χ3n) is 6.29. The average molecular weight is 454 g/mol. The Balaban J connectivity index is 1.75. The van der Waals surface area contributed by atoms with Gasteiger partial charge in [-0.25, -0.2) is 9.97 Å². The van der Waals surface area contributed by atoms with Crippen molar-refractivity contribution < 1.29 is 0 Å². The highest BCUT2D eigenvalue weighted by atomic mass is 32.1. The van der Waals surface area contributed by atoms with Crippen LogP contribution < -0.4 is 0 Å². The van der Waals surface area contributed by atoms with Gasteiger partial charge in [-0.05, 0) is 78.6 Å². The highest BCUT2D eigenvalue weighted by molar-refractivity contribution is 7.26. The standard InChI is InChI=1S/C29H31N3S/c1-16(2)22-12-20(11-19-9-8-18(4)32-25(19)22)26-28-27(31-15-30-26)23-10-17(3)21(13-24(23)33-28)14-29(5,6)7/h8-13,15-16H,14H2,1-7H3. The summed E-state index contributed by atoms with van der Waals surface area (Å²) in [5.74, 6) is 0.379. The highest BCUT2D eigenvalue weighted by Crippen LogP contribution is 2.41. The normalized spacial score (nSPS) is 12.5. The van der Waals surface area contributed by atoms with Crippen molar-refractivity contribution in [3.63, 3.8) is 0 Å². The number of pyridine rings is 1. The first kappa shape index (κ1) is 22.0. The van der Waals surface area contributed by atoms with Gasteiger partial charge in [-0.3, -0.25) is 4.98 Å². The SMILES string of the molecule is Cc1ccc2cc(-c3ncnc4c3sc3cc(CC(C)(C)C)c(C)cc34)cc(C(C)C)c2n1. The van der Waals surface area contributed by atoms with Gasteiger partial charge in [-0.1, -0.05) is 40.7 Å². The van der Waals surface area contributed by atoms with Crippen molar-refractivity contribution in [2.24, 2.45) is 5.41 Å². The van der Waals surface area contributed by atoms with Crippen molar-refractivity contribution in [3.05, 3.63) is 65.1 Å². The maximum atomic E-state index is 4.85. The molecule has 0 aliphatic heterocycles. The third kappa shape index (κ3) is 4.02. The zero-order chi connectivity index (χ0) is 23.5. The van der Waals surface area contributed by atoms with E-state index in [4.69, 9.17) is 15.0 Å². The van der Waals surface area contributed by atoms with Gasteiger partial charge in [-0.2, -0.15) is 0 Å². The molecular weight excluding hydrogens is 422 g/mol. The first-order valence-corrected chi connectivity index (χ1v) is 12.5. The second-order valence-corrected chi connectivity index (χ2v) is 11.8. The van der Waals surface area contributed by atoms with Gasteiger partial charge in [0.1, 0.15) is 6.33 Å². The molecular formula is C29H31N3S. The van der Waals surface area contributed by atoms with Gasteiger partial charge < -0.3 is 0 Å². The van der Waals surface area contributed by atoms with Crippen molar-refractivity contribution in [2.75, 3.05) is 0 Å². The average Bonchev–Trinajstić information content (AvgIpc) is 3.09. The first-order valence-electron chi connectivity index (χ1n) is 11.7. The molecule has 0 N–H and O–H groups in total. The molecule has 168 valence electrons. The molecule has 33 heavy (non-hydrogen) atoms. The zero-order valence-corrected chi connectivity index (χ0v) is 21.4. The summed E-state index contributed by atoms with van der Waals surface area (Å²) in [6.07, 6.45) is 2.78. The van der Waals surface area contributed by atoms with E-state index in [0.29, 0.717) is 5.92 Å². The number of fused-ring (bicyclic) bond motifs is 4. The summed E-state index contributed by atoms with van der Waals surface area (Å²) in [7, 11) is 0. The quantitative estimate of drug-likeness (QED) is 0.275. The second-order valence-electron chi connectivity index (χ2n) is 10.8. The Hall–Kier alpha value is -2.85. The molecule has 0 atom stereocenters. The maximum Gasteiger partial charge on any atom is 0.116 e. The van der Waals surface area contributed by atoms with E-state index >= 15 is 0 Å². The number of hydrogen-bond donors (Lipinski definition) is 0. The van der Waals surface area contributed by atoms with Gasteiger partial charge in [0.25, 0.3) is 0 Å². The van der Waals surface area contributed by atoms with Crippen LogP contribution in [-0.2, 0) is 6.42 Å². The fraction of sp³-hybridized carbons (Fsp3) is 0.345. The molecule has 4 heteroatoms. The van der Waals surface area contributed by atoms with Crippen LogP contribution >= 0.6 is 11.3 Å². The molecule has 0 aliphatic rings. The molecule has 0 saturated heterocycles. The zero-order valence-electron chi connectivity index (χ0n) is 20.6. The lowest BCUT2D eigenvalue weighted by molar-refractivity contribution is 0.410. The smallest absolute Gasteiger partial charge is 0.116 e. The van der Waals surface area contributed by atoms with Crippen LogP contribution in [0.15, 0.2) is 42.7 Å². The Morgan fingerprint density at radius 3 is 2.45 bits per heavy atom. The maximum absolute atomic E-state index is 4.85. The van der Waals surface area contributed by atoms with Crippen molar-refractivity contribution in [1.29, 1.82) is 0 Å². The minimum Gasteiger partial charge on any atom is -0.253 e. The van der Waals surface area contributed by atoms with E-state index in [1.165, 1.54) is 26.8 Å². The van der Waals surface area contributed by atoms with Crippen LogP contribution in [0.5, 0.6) is 0 Å². The molecule has 5 rings (SSSR count). The van der Waals surface area contributed by atoms with Gasteiger partial charge in [0.05, 0.1) is 21.4 Å². The molecule has 0 aliphatic carbocycles. The van der Waals surface area contributed by atoms with E-state index in [9.17, 15) is 0 Å². The molecule has 0 unspecified atom stereocenters. The minimum absolute atomic E-state index is 0.255. The predicted octanol–water partition coefficient (Wildman–Crippen LogP) is 8.39. The Labute approximate surface area is 199 Å². The van der Waals surface area contributed by atoms with Crippen LogP contribution in [0, 0.1) is 19.3 Å². The molecule has 0 fully saturated rings. The topological polar surface area (TPSA) is 38.7 Å². The van der Waals surface area contributed by atoms with Crippen LogP contribution in [0.2, 0.25) is 0 Å². The molecule has 5 aromatic rings. The lowest BCUT2D eigenvalue weighted by Crippen LogP contribution is -2.10. The fourth-order valence-corrected chi connectivity index (χ4v) is 5.89. The Morgan fingerprint density at radius 2 is 1.73 bits per heavy atom. The Bertz CT molecular complexity index is 1520. The lowest BCUT2D eigenvalue weighted by atomic mass is 9.86. The molecule has 0 bridgehead atoms.